The number of furan rings is 1. The summed E-state index contributed by atoms with van der Waals surface area (Å²) in [6, 6.07) is 6.40. The van der Waals surface area contributed by atoms with Crippen LogP contribution >= 0.6 is 11.8 Å². The smallest absolute Gasteiger partial charge is 0.235 e. The molecule has 8 nitrogen and oxygen atoms in total. The highest BCUT2D eigenvalue weighted by Crippen LogP contribution is 2.37. The molecule has 1 amide bonds. The van der Waals surface area contributed by atoms with Crippen molar-refractivity contribution in [1.29, 1.82) is 5.26 Å². The molecule has 1 fully saturated rings. The number of hydrogen-bond acceptors (Lipinski definition) is 6. The summed E-state index contributed by atoms with van der Waals surface area (Å²) in [6.45, 7) is 8.63. The first-order valence-electron chi connectivity index (χ1n) is 11.4. The summed E-state index contributed by atoms with van der Waals surface area (Å²) in [7, 11) is 0. The molecule has 3 aromatic rings. The van der Waals surface area contributed by atoms with Crippen molar-refractivity contribution in [2.45, 2.75) is 77.0 Å². The van der Waals surface area contributed by atoms with Crippen LogP contribution in [-0.4, -0.2) is 31.0 Å². The summed E-state index contributed by atoms with van der Waals surface area (Å²) in [5.74, 6) is 2.49. The fraction of sp³-hybridized carbons (Fsp3) is 0.500. The predicted octanol–water partition coefficient (Wildman–Crippen LogP) is 5.18. The number of amides is 1. The number of thioether (sulfide) groups is 1. The second-order valence-corrected chi connectivity index (χ2v) is 9.79. The minimum absolute atomic E-state index is 0.160. The van der Waals surface area contributed by atoms with Gasteiger partial charge in [-0.1, -0.05) is 38.5 Å². The molecule has 174 valence electrons. The molecule has 0 radical (unpaired) electrons. The summed E-state index contributed by atoms with van der Waals surface area (Å²) < 4.78 is 9.67. The second kappa shape index (κ2) is 9.87. The standard InChI is InChI=1S/C24H30N6O2S/c1-15(2)22-27-28-24(29(22)13-19-10-7-11-32-19)33-14-21(31)26-23-20(12-25)16(3)17(4)30(23)18-8-5-6-9-18/h7,10-11,15,18H,5-6,8-9,13-14H2,1-4H3,(H,26,31). The molecule has 1 saturated carbocycles. The van der Waals surface area contributed by atoms with Crippen LogP contribution < -0.4 is 5.32 Å². The molecule has 9 heteroatoms. The van der Waals surface area contributed by atoms with E-state index in [1.807, 2.05) is 30.5 Å². The number of nitrogens with zero attached hydrogens (tertiary/aromatic N) is 5. The van der Waals surface area contributed by atoms with E-state index in [0.717, 1.165) is 35.7 Å². The van der Waals surface area contributed by atoms with Gasteiger partial charge in [-0.2, -0.15) is 5.26 Å². The van der Waals surface area contributed by atoms with Gasteiger partial charge in [-0.3, -0.25) is 9.36 Å². The van der Waals surface area contributed by atoms with E-state index in [2.05, 4.69) is 40.0 Å². The average molecular weight is 467 g/mol. The van der Waals surface area contributed by atoms with E-state index < -0.39 is 0 Å². The van der Waals surface area contributed by atoms with E-state index in [1.165, 1.54) is 24.6 Å². The van der Waals surface area contributed by atoms with Crippen molar-refractivity contribution in [3.05, 3.63) is 46.8 Å². The number of carbonyl (C=O) groups is 1. The molecule has 33 heavy (non-hydrogen) atoms. The van der Waals surface area contributed by atoms with Gasteiger partial charge in [-0.15, -0.1) is 10.2 Å². The lowest BCUT2D eigenvalue weighted by atomic mass is 10.2. The van der Waals surface area contributed by atoms with Gasteiger partial charge in [0.15, 0.2) is 5.16 Å². The molecule has 1 aliphatic carbocycles. The number of nitrogens with one attached hydrogen (secondary N) is 1. The Balaban J connectivity index is 1.52. The van der Waals surface area contributed by atoms with Crippen LogP contribution in [0.15, 0.2) is 28.0 Å². The maximum atomic E-state index is 13.0. The monoisotopic (exact) mass is 466 g/mol. The number of hydrogen-bond donors (Lipinski definition) is 1. The first kappa shape index (κ1) is 23.2. The zero-order valence-corrected chi connectivity index (χ0v) is 20.4. The van der Waals surface area contributed by atoms with Gasteiger partial charge in [0.05, 0.1) is 24.1 Å². The molecule has 0 aliphatic heterocycles. The van der Waals surface area contributed by atoms with Crippen molar-refractivity contribution in [2.24, 2.45) is 0 Å². The zero-order chi connectivity index (χ0) is 23.5. The average Bonchev–Trinajstić information content (AvgIpc) is 3.57. The molecule has 0 atom stereocenters. The first-order chi connectivity index (χ1) is 15.9. The fourth-order valence-electron chi connectivity index (χ4n) is 4.54. The van der Waals surface area contributed by atoms with E-state index in [9.17, 15) is 10.1 Å². The molecule has 3 heterocycles. The van der Waals surface area contributed by atoms with Crippen LogP contribution in [-0.2, 0) is 11.3 Å². The Hall–Kier alpha value is -2.99. The Labute approximate surface area is 198 Å². The molecular weight excluding hydrogens is 436 g/mol. The van der Waals surface area contributed by atoms with Crippen molar-refractivity contribution in [3.63, 3.8) is 0 Å². The molecule has 4 rings (SSSR count). The topological polar surface area (TPSA) is 102 Å². The molecule has 1 N–H and O–H groups in total. The van der Waals surface area contributed by atoms with Gasteiger partial charge < -0.3 is 14.3 Å². The van der Waals surface area contributed by atoms with Gasteiger partial charge in [-0.05, 0) is 44.4 Å². The molecular formula is C24H30N6O2S. The largest absolute Gasteiger partial charge is 0.467 e. The summed E-state index contributed by atoms with van der Waals surface area (Å²) in [5.41, 5.74) is 2.55. The number of carbonyl (C=O) groups excluding carboxylic acids is 1. The normalized spacial score (nSPS) is 14.2. The Bertz CT molecular complexity index is 1160. The van der Waals surface area contributed by atoms with E-state index in [4.69, 9.17) is 4.42 Å². The maximum Gasteiger partial charge on any atom is 0.235 e. The SMILES string of the molecule is Cc1c(C#N)c(NC(=O)CSc2nnc(C(C)C)n2Cc2ccco2)n(C2CCCC2)c1C. The van der Waals surface area contributed by atoms with Crippen LogP contribution in [0.3, 0.4) is 0 Å². The molecule has 0 saturated heterocycles. The number of rotatable bonds is 8. The lowest BCUT2D eigenvalue weighted by molar-refractivity contribution is -0.113. The fourth-order valence-corrected chi connectivity index (χ4v) is 5.29. The van der Waals surface area contributed by atoms with E-state index in [1.54, 1.807) is 6.26 Å². The third-order valence-corrected chi connectivity index (χ3v) is 7.27. The highest BCUT2D eigenvalue weighted by Gasteiger charge is 2.27. The third kappa shape index (κ3) is 4.71. The number of anilines is 1. The van der Waals surface area contributed by atoms with Crippen molar-refractivity contribution >= 4 is 23.5 Å². The minimum atomic E-state index is -0.160. The third-order valence-electron chi connectivity index (χ3n) is 6.30. The van der Waals surface area contributed by atoms with Crippen LogP contribution in [0.2, 0.25) is 0 Å². The molecule has 0 bridgehead atoms. The molecule has 1 aliphatic rings. The molecule has 3 aromatic heterocycles. The molecule has 0 unspecified atom stereocenters. The highest BCUT2D eigenvalue weighted by molar-refractivity contribution is 7.99. The molecule has 0 spiro atoms. The van der Waals surface area contributed by atoms with Gasteiger partial charge in [0.2, 0.25) is 5.91 Å². The van der Waals surface area contributed by atoms with Crippen LogP contribution in [0.4, 0.5) is 5.82 Å². The van der Waals surface area contributed by atoms with Gasteiger partial charge >= 0.3 is 0 Å². The van der Waals surface area contributed by atoms with E-state index >= 15 is 0 Å². The van der Waals surface area contributed by atoms with Gasteiger partial charge in [0.25, 0.3) is 0 Å². The van der Waals surface area contributed by atoms with Crippen LogP contribution in [0.25, 0.3) is 0 Å². The highest BCUT2D eigenvalue weighted by atomic mass is 32.2. The Morgan fingerprint density at radius 3 is 2.73 bits per heavy atom. The zero-order valence-electron chi connectivity index (χ0n) is 19.6. The summed E-state index contributed by atoms with van der Waals surface area (Å²) >= 11 is 1.34. The van der Waals surface area contributed by atoms with E-state index in [0.29, 0.717) is 29.1 Å². The second-order valence-electron chi connectivity index (χ2n) is 8.85. The number of aromatic nitrogens is 4. The van der Waals surface area contributed by atoms with Crippen LogP contribution in [0.1, 0.15) is 79.9 Å². The summed E-state index contributed by atoms with van der Waals surface area (Å²) in [5, 5.41) is 22.1. The van der Waals surface area contributed by atoms with E-state index in [-0.39, 0.29) is 17.6 Å². The summed E-state index contributed by atoms with van der Waals surface area (Å²) in [6.07, 6.45) is 6.15. The predicted molar refractivity (Wildman–Crippen MR) is 127 cm³/mol. The Morgan fingerprint density at radius 1 is 1.33 bits per heavy atom. The molecule has 0 aromatic carbocycles. The van der Waals surface area contributed by atoms with Crippen LogP contribution in [0.5, 0.6) is 0 Å². The quantitative estimate of drug-likeness (QED) is 0.459. The number of nitriles is 1. The van der Waals surface area contributed by atoms with Crippen LogP contribution in [0, 0.1) is 25.2 Å². The van der Waals surface area contributed by atoms with Crippen molar-refractivity contribution < 1.29 is 9.21 Å². The van der Waals surface area contributed by atoms with Crippen molar-refractivity contribution in [3.8, 4) is 6.07 Å². The van der Waals surface area contributed by atoms with Gasteiger partial charge in [0.1, 0.15) is 23.5 Å². The van der Waals surface area contributed by atoms with Crippen molar-refractivity contribution in [2.75, 3.05) is 11.1 Å². The maximum absolute atomic E-state index is 13.0. The Kier molecular flexibility index (Phi) is 6.94. The van der Waals surface area contributed by atoms with Gasteiger partial charge in [-0.25, -0.2) is 0 Å². The Morgan fingerprint density at radius 2 is 2.09 bits per heavy atom. The first-order valence-corrected chi connectivity index (χ1v) is 12.4. The minimum Gasteiger partial charge on any atom is -0.467 e. The lowest BCUT2D eigenvalue weighted by Crippen LogP contribution is -2.20. The van der Waals surface area contributed by atoms with Gasteiger partial charge in [0, 0.05) is 17.7 Å². The summed E-state index contributed by atoms with van der Waals surface area (Å²) in [4.78, 5) is 13.0. The lowest BCUT2D eigenvalue weighted by Gasteiger charge is -2.19. The van der Waals surface area contributed by atoms with Crippen molar-refractivity contribution in [1.82, 2.24) is 19.3 Å².